The van der Waals surface area contributed by atoms with Crippen LogP contribution in [0.3, 0.4) is 0 Å². The minimum absolute atomic E-state index is 0.111. The van der Waals surface area contributed by atoms with Gasteiger partial charge >= 0.3 is 0 Å². The minimum Gasteiger partial charge on any atom is -0.339 e. The van der Waals surface area contributed by atoms with Crippen molar-refractivity contribution in [2.75, 3.05) is 6.54 Å². The van der Waals surface area contributed by atoms with Gasteiger partial charge < -0.3 is 10.3 Å². The summed E-state index contributed by atoms with van der Waals surface area (Å²) in [5.74, 6) is 2.16. The van der Waals surface area contributed by atoms with E-state index in [1.807, 2.05) is 0 Å². The molecule has 0 amide bonds. The zero-order chi connectivity index (χ0) is 10.9. The lowest BCUT2D eigenvalue weighted by Gasteiger charge is -2.24. The van der Waals surface area contributed by atoms with Gasteiger partial charge in [-0.1, -0.05) is 19.0 Å². The molecule has 1 aromatic heterocycles. The normalized spacial score (nSPS) is 17.0. The van der Waals surface area contributed by atoms with E-state index in [1.54, 1.807) is 0 Å². The van der Waals surface area contributed by atoms with E-state index in [1.165, 1.54) is 12.8 Å². The molecule has 2 rings (SSSR count). The van der Waals surface area contributed by atoms with E-state index < -0.39 is 0 Å². The van der Waals surface area contributed by atoms with Gasteiger partial charge in [-0.05, 0) is 25.7 Å². The molecule has 84 valence electrons. The molecule has 0 aliphatic heterocycles. The van der Waals surface area contributed by atoms with E-state index in [0.717, 1.165) is 24.6 Å². The molecular weight excluding hydrogens is 190 g/mol. The van der Waals surface area contributed by atoms with Crippen LogP contribution in [-0.4, -0.2) is 16.7 Å². The summed E-state index contributed by atoms with van der Waals surface area (Å²) in [6.07, 6.45) is 4.30. The van der Waals surface area contributed by atoms with Gasteiger partial charge in [-0.15, -0.1) is 0 Å². The first-order valence-electron chi connectivity index (χ1n) is 5.80. The third-order valence-corrected chi connectivity index (χ3v) is 3.58. The first-order valence-corrected chi connectivity index (χ1v) is 5.80. The van der Waals surface area contributed by atoms with Crippen molar-refractivity contribution in [1.29, 1.82) is 0 Å². The highest BCUT2D eigenvalue weighted by molar-refractivity contribution is 5.10. The van der Waals surface area contributed by atoms with Gasteiger partial charge in [0.25, 0.3) is 0 Å². The fraction of sp³-hybridized carbons (Fsp3) is 0.818. The van der Waals surface area contributed by atoms with Gasteiger partial charge in [-0.25, -0.2) is 0 Å². The lowest BCUT2D eigenvalue weighted by molar-refractivity contribution is 0.266. The van der Waals surface area contributed by atoms with Gasteiger partial charge in [-0.2, -0.15) is 4.98 Å². The van der Waals surface area contributed by atoms with Crippen molar-refractivity contribution in [2.45, 2.75) is 50.9 Å². The second-order valence-electron chi connectivity index (χ2n) is 4.42. The number of rotatable bonds is 5. The molecule has 0 spiro atoms. The lowest BCUT2D eigenvalue weighted by Crippen LogP contribution is -2.34. The molecule has 4 heteroatoms. The monoisotopic (exact) mass is 209 g/mol. The maximum Gasteiger partial charge on any atom is 0.234 e. The molecule has 2 N–H and O–H groups in total. The van der Waals surface area contributed by atoms with Crippen molar-refractivity contribution >= 4 is 0 Å². The smallest absolute Gasteiger partial charge is 0.234 e. The molecule has 1 aliphatic carbocycles. The van der Waals surface area contributed by atoms with Crippen LogP contribution in [0.25, 0.3) is 0 Å². The Kier molecular flexibility index (Phi) is 2.78. The van der Waals surface area contributed by atoms with Gasteiger partial charge in [0.05, 0.1) is 5.41 Å². The number of nitrogens with zero attached hydrogens (tertiary/aromatic N) is 2. The Morgan fingerprint density at radius 1 is 1.40 bits per heavy atom. The lowest BCUT2D eigenvalue weighted by atomic mass is 9.82. The summed E-state index contributed by atoms with van der Waals surface area (Å²) in [5.41, 5.74) is 5.72. The van der Waals surface area contributed by atoms with E-state index in [0.29, 0.717) is 12.5 Å². The van der Waals surface area contributed by atoms with Gasteiger partial charge in [0.15, 0.2) is 5.82 Å². The summed E-state index contributed by atoms with van der Waals surface area (Å²) in [5, 5.41) is 4.05. The third kappa shape index (κ3) is 1.78. The van der Waals surface area contributed by atoms with Gasteiger partial charge in [-0.3, -0.25) is 0 Å². The van der Waals surface area contributed by atoms with Crippen LogP contribution in [0, 0.1) is 0 Å². The molecule has 1 heterocycles. The average molecular weight is 209 g/mol. The second-order valence-corrected chi connectivity index (χ2v) is 4.42. The quantitative estimate of drug-likeness (QED) is 0.805. The zero-order valence-corrected chi connectivity index (χ0v) is 9.49. The fourth-order valence-corrected chi connectivity index (χ4v) is 1.89. The Labute approximate surface area is 90.2 Å². The maximum absolute atomic E-state index is 5.83. The second kappa shape index (κ2) is 3.93. The Bertz CT molecular complexity index is 318. The van der Waals surface area contributed by atoms with Gasteiger partial charge in [0, 0.05) is 12.5 Å². The number of aromatic nitrogens is 2. The summed E-state index contributed by atoms with van der Waals surface area (Å²) >= 11 is 0. The first-order chi connectivity index (χ1) is 7.25. The summed E-state index contributed by atoms with van der Waals surface area (Å²) < 4.78 is 5.36. The largest absolute Gasteiger partial charge is 0.339 e. The summed E-state index contributed by atoms with van der Waals surface area (Å²) in [7, 11) is 0. The van der Waals surface area contributed by atoms with E-state index in [-0.39, 0.29) is 5.41 Å². The van der Waals surface area contributed by atoms with Crippen molar-refractivity contribution in [3.05, 3.63) is 11.7 Å². The molecule has 1 aromatic rings. The number of hydrogen-bond donors (Lipinski definition) is 1. The van der Waals surface area contributed by atoms with Crippen molar-refractivity contribution in [2.24, 2.45) is 5.73 Å². The first kappa shape index (κ1) is 10.6. The molecule has 0 aromatic carbocycles. The Morgan fingerprint density at radius 2 is 2.07 bits per heavy atom. The van der Waals surface area contributed by atoms with Crippen LogP contribution < -0.4 is 5.73 Å². The molecule has 0 unspecified atom stereocenters. The van der Waals surface area contributed by atoms with Crippen LogP contribution in [0.1, 0.15) is 57.2 Å². The maximum atomic E-state index is 5.83. The van der Waals surface area contributed by atoms with Gasteiger partial charge in [0.1, 0.15) is 0 Å². The number of hydrogen-bond acceptors (Lipinski definition) is 4. The van der Waals surface area contributed by atoms with Crippen LogP contribution in [0.5, 0.6) is 0 Å². The topological polar surface area (TPSA) is 64.9 Å². The molecule has 1 fully saturated rings. The van der Waals surface area contributed by atoms with Crippen LogP contribution >= 0.6 is 0 Å². The van der Waals surface area contributed by atoms with Gasteiger partial charge in [0.2, 0.25) is 5.89 Å². The van der Waals surface area contributed by atoms with Crippen molar-refractivity contribution in [1.82, 2.24) is 10.1 Å². The van der Waals surface area contributed by atoms with Crippen molar-refractivity contribution in [3.8, 4) is 0 Å². The Morgan fingerprint density at radius 3 is 2.53 bits per heavy atom. The van der Waals surface area contributed by atoms with Crippen LogP contribution in [0.2, 0.25) is 0 Å². The van der Waals surface area contributed by atoms with E-state index >= 15 is 0 Å². The predicted octanol–water partition coefficient (Wildman–Crippen LogP) is 1.96. The summed E-state index contributed by atoms with van der Waals surface area (Å²) in [6, 6.07) is 0. The van der Waals surface area contributed by atoms with E-state index in [2.05, 4.69) is 24.0 Å². The molecule has 15 heavy (non-hydrogen) atoms. The predicted molar refractivity (Wildman–Crippen MR) is 57.6 cm³/mol. The Balaban J connectivity index is 2.24. The van der Waals surface area contributed by atoms with Crippen molar-refractivity contribution < 1.29 is 4.52 Å². The Hall–Kier alpha value is -0.900. The molecule has 0 atom stereocenters. The van der Waals surface area contributed by atoms with Crippen LogP contribution in [-0.2, 0) is 5.41 Å². The standard InChI is InChI=1S/C11H19N3O/c1-3-11(4-2,7-12)10-13-9(14-15-10)8-5-6-8/h8H,3-7,12H2,1-2H3. The highest BCUT2D eigenvalue weighted by Gasteiger charge is 2.36. The minimum atomic E-state index is -0.111. The zero-order valence-electron chi connectivity index (χ0n) is 9.49. The molecular formula is C11H19N3O. The molecule has 4 nitrogen and oxygen atoms in total. The fourth-order valence-electron chi connectivity index (χ4n) is 1.89. The third-order valence-electron chi connectivity index (χ3n) is 3.58. The molecule has 1 aliphatic rings. The SMILES string of the molecule is CCC(CC)(CN)c1nc(C2CC2)no1. The van der Waals surface area contributed by atoms with Crippen LogP contribution in [0.4, 0.5) is 0 Å². The van der Waals surface area contributed by atoms with Crippen molar-refractivity contribution in [3.63, 3.8) is 0 Å². The summed E-state index contributed by atoms with van der Waals surface area (Å²) in [4.78, 5) is 4.50. The molecule has 0 bridgehead atoms. The number of nitrogens with two attached hydrogens (primary N) is 1. The molecule has 0 radical (unpaired) electrons. The van der Waals surface area contributed by atoms with Crippen LogP contribution in [0.15, 0.2) is 4.52 Å². The highest BCUT2D eigenvalue weighted by Crippen LogP contribution is 2.39. The molecule has 0 saturated heterocycles. The highest BCUT2D eigenvalue weighted by atomic mass is 16.5. The average Bonchev–Trinajstić information content (AvgIpc) is 3.02. The summed E-state index contributed by atoms with van der Waals surface area (Å²) in [6.45, 7) is 4.82. The van der Waals surface area contributed by atoms with E-state index in [4.69, 9.17) is 10.3 Å². The molecule has 1 saturated carbocycles. The van der Waals surface area contributed by atoms with E-state index in [9.17, 15) is 0 Å².